The van der Waals surface area contributed by atoms with E-state index < -0.39 is 0 Å². The molecular weight excluding hydrogens is 886 g/mol. The van der Waals surface area contributed by atoms with E-state index in [0.717, 1.165) is 22.4 Å². The van der Waals surface area contributed by atoms with E-state index in [0.29, 0.717) is 77.0 Å². The van der Waals surface area contributed by atoms with Gasteiger partial charge in [0.05, 0.1) is 30.1 Å². The van der Waals surface area contributed by atoms with Gasteiger partial charge in [-0.3, -0.25) is 0 Å². The summed E-state index contributed by atoms with van der Waals surface area (Å²) in [7, 11) is 3.68. The van der Waals surface area contributed by atoms with Crippen LogP contribution in [0.3, 0.4) is 0 Å². The van der Waals surface area contributed by atoms with E-state index >= 15 is 0 Å². The van der Waals surface area contributed by atoms with E-state index in [4.69, 9.17) is 101 Å². The molecule has 0 heterocycles. The summed E-state index contributed by atoms with van der Waals surface area (Å²) >= 11 is 41.5. The Labute approximate surface area is 374 Å². The maximum absolute atomic E-state index is 13.4. The first-order valence-corrected chi connectivity index (χ1v) is 20.4. The van der Waals surface area contributed by atoms with E-state index in [2.05, 4.69) is 17.6 Å². The van der Waals surface area contributed by atoms with Gasteiger partial charge in [0.25, 0.3) is 0 Å². The molecule has 0 aliphatic heterocycles. The van der Waals surface area contributed by atoms with Crippen molar-refractivity contribution in [3.63, 3.8) is 0 Å². The number of rotatable bonds is 12. The van der Waals surface area contributed by atoms with Gasteiger partial charge in [0, 0.05) is 46.9 Å². The van der Waals surface area contributed by atoms with Gasteiger partial charge in [-0.1, -0.05) is 112 Å². The SMILES string of the molecule is CC(CN)c1ccccc1Oc1ccc(Cl)c(Cl)c1.CNC(C)c1cc(F)ccc1Oc1ccc(Cl)c(Cl)c1.CNCc1ccc(Cl)cc1Oc1ccc(Cl)c(Cl)c1. The van der Waals surface area contributed by atoms with Crippen LogP contribution in [0.4, 0.5) is 4.39 Å². The molecule has 2 atom stereocenters. The van der Waals surface area contributed by atoms with Crippen molar-refractivity contribution in [2.45, 2.75) is 32.4 Å². The molecular formula is C44H41Cl7FN3O3. The maximum atomic E-state index is 13.4. The fourth-order valence-electron chi connectivity index (χ4n) is 5.18. The standard InChI is InChI=1S/C15H14Cl2FNO.C15H15Cl2NO.C14H12Cl3NO/c1-9(19-2)12-7-10(18)3-6-15(12)20-11-4-5-13(16)14(17)8-11;1-10(9-18)12-4-2-3-5-15(12)19-11-6-7-13(16)14(17)8-11;1-18-8-9-2-3-10(15)6-14(9)19-11-4-5-12(16)13(17)7-11/h3-9,19H,1-2H3;2-8,10H,9,18H2,1H3;2-7,18H,8H2,1H3. The maximum Gasteiger partial charge on any atom is 0.133 e. The predicted octanol–water partition coefficient (Wildman–Crippen LogP) is 15.2. The molecule has 6 nitrogen and oxygen atoms in total. The van der Waals surface area contributed by atoms with Crippen LogP contribution in [-0.4, -0.2) is 20.6 Å². The van der Waals surface area contributed by atoms with Crippen molar-refractivity contribution in [1.29, 1.82) is 0 Å². The van der Waals surface area contributed by atoms with Gasteiger partial charge in [-0.05, 0) is 112 Å². The van der Waals surface area contributed by atoms with E-state index in [9.17, 15) is 4.39 Å². The highest BCUT2D eigenvalue weighted by molar-refractivity contribution is 6.43. The van der Waals surface area contributed by atoms with Crippen LogP contribution < -0.4 is 30.6 Å². The first-order chi connectivity index (χ1) is 27.7. The highest BCUT2D eigenvalue weighted by Gasteiger charge is 2.14. The molecule has 4 N–H and O–H groups in total. The molecule has 14 heteroatoms. The monoisotopic (exact) mass is 923 g/mol. The summed E-state index contributed by atoms with van der Waals surface area (Å²) < 4.78 is 30.8. The third-order valence-electron chi connectivity index (χ3n) is 8.43. The Morgan fingerprint density at radius 3 is 1.53 bits per heavy atom. The predicted molar refractivity (Wildman–Crippen MR) is 242 cm³/mol. The van der Waals surface area contributed by atoms with Crippen LogP contribution in [0.25, 0.3) is 0 Å². The van der Waals surface area contributed by atoms with Gasteiger partial charge in [-0.2, -0.15) is 0 Å². The van der Waals surface area contributed by atoms with Gasteiger partial charge in [0.2, 0.25) is 0 Å². The Morgan fingerprint density at radius 1 is 0.552 bits per heavy atom. The minimum absolute atomic E-state index is 0.0385. The number of nitrogens with one attached hydrogen (secondary N) is 2. The molecule has 58 heavy (non-hydrogen) atoms. The molecule has 0 fully saturated rings. The second kappa shape index (κ2) is 23.4. The lowest BCUT2D eigenvalue weighted by Gasteiger charge is -2.16. The molecule has 6 rings (SSSR count). The molecule has 2 unspecified atom stereocenters. The van der Waals surface area contributed by atoms with Crippen LogP contribution in [0, 0.1) is 5.82 Å². The molecule has 0 aromatic heterocycles. The highest BCUT2D eigenvalue weighted by atomic mass is 35.5. The second-order valence-electron chi connectivity index (χ2n) is 12.7. The summed E-state index contributed by atoms with van der Waals surface area (Å²) in [6, 6.07) is 33.1. The van der Waals surface area contributed by atoms with Gasteiger partial charge < -0.3 is 30.6 Å². The van der Waals surface area contributed by atoms with Crippen molar-refractivity contribution >= 4 is 81.2 Å². The Hall–Kier alpha value is -3.44. The molecule has 0 saturated heterocycles. The summed E-state index contributed by atoms with van der Waals surface area (Å²) in [4.78, 5) is 0. The van der Waals surface area contributed by atoms with Crippen molar-refractivity contribution in [1.82, 2.24) is 10.6 Å². The van der Waals surface area contributed by atoms with Crippen molar-refractivity contribution in [3.05, 3.63) is 173 Å². The van der Waals surface area contributed by atoms with Gasteiger partial charge in [-0.15, -0.1) is 0 Å². The highest BCUT2D eigenvalue weighted by Crippen LogP contribution is 2.36. The third-order valence-corrected chi connectivity index (χ3v) is 10.9. The Bertz CT molecular complexity index is 2280. The van der Waals surface area contributed by atoms with E-state index in [1.165, 1.54) is 12.1 Å². The first kappa shape index (κ1) is 47.2. The molecule has 0 spiro atoms. The van der Waals surface area contributed by atoms with Gasteiger partial charge in [-0.25, -0.2) is 4.39 Å². The van der Waals surface area contributed by atoms with Crippen LogP contribution in [-0.2, 0) is 6.54 Å². The molecule has 0 saturated carbocycles. The normalized spacial score (nSPS) is 11.7. The molecule has 0 aliphatic rings. The number of ether oxygens (including phenoxy) is 3. The van der Waals surface area contributed by atoms with Crippen LogP contribution in [0.15, 0.2) is 115 Å². The van der Waals surface area contributed by atoms with E-state index in [-0.39, 0.29) is 17.8 Å². The third kappa shape index (κ3) is 14.1. The molecule has 0 bridgehead atoms. The van der Waals surface area contributed by atoms with Crippen molar-refractivity contribution < 1.29 is 18.6 Å². The van der Waals surface area contributed by atoms with Gasteiger partial charge >= 0.3 is 0 Å². The number of hydrogen-bond donors (Lipinski definition) is 3. The molecule has 0 aliphatic carbocycles. The first-order valence-electron chi connectivity index (χ1n) is 17.8. The Morgan fingerprint density at radius 2 is 1.05 bits per heavy atom. The summed E-state index contributed by atoms with van der Waals surface area (Å²) in [6.07, 6.45) is 0. The molecule has 0 radical (unpaired) electrons. The van der Waals surface area contributed by atoms with E-state index in [1.807, 2.05) is 50.4 Å². The van der Waals surface area contributed by atoms with Crippen LogP contribution in [0.1, 0.15) is 42.5 Å². The average molecular weight is 927 g/mol. The summed E-state index contributed by atoms with van der Waals surface area (Å²) in [5.41, 5.74) is 8.54. The number of para-hydroxylation sites is 1. The molecule has 6 aromatic rings. The van der Waals surface area contributed by atoms with Crippen molar-refractivity contribution in [2.24, 2.45) is 5.73 Å². The average Bonchev–Trinajstić information content (AvgIpc) is 3.21. The van der Waals surface area contributed by atoms with Crippen molar-refractivity contribution in [3.8, 4) is 34.5 Å². The fourth-order valence-corrected chi connectivity index (χ4v) is 6.20. The van der Waals surface area contributed by atoms with Crippen LogP contribution >= 0.6 is 81.2 Å². The lowest BCUT2D eigenvalue weighted by Crippen LogP contribution is -2.13. The minimum Gasteiger partial charge on any atom is -0.457 e. The lowest BCUT2D eigenvalue weighted by molar-refractivity contribution is 0.463. The zero-order valence-corrected chi connectivity index (χ0v) is 37.2. The fraction of sp³-hybridized carbons (Fsp3) is 0.182. The van der Waals surface area contributed by atoms with Gasteiger partial charge in [0.1, 0.15) is 40.3 Å². The minimum atomic E-state index is -0.302. The van der Waals surface area contributed by atoms with Crippen LogP contribution in [0.2, 0.25) is 35.2 Å². The Balaban J connectivity index is 0.000000193. The molecule has 6 aromatic carbocycles. The molecule has 0 amide bonds. The largest absolute Gasteiger partial charge is 0.457 e. The second-order valence-corrected chi connectivity index (χ2v) is 15.6. The smallest absolute Gasteiger partial charge is 0.133 e. The summed E-state index contributed by atoms with van der Waals surface area (Å²) in [5, 5.41) is 9.57. The number of benzene rings is 6. The van der Waals surface area contributed by atoms with Crippen LogP contribution in [0.5, 0.6) is 34.5 Å². The summed E-state index contributed by atoms with van der Waals surface area (Å²) in [6.45, 7) is 5.25. The summed E-state index contributed by atoms with van der Waals surface area (Å²) in [5.74, 6) is 3.82. The van der Waals surface area contributed by atoms with E-state index in [1.54, 1.807) is 73.8 Å². The van der Waals surface area contributed by atoms with Gasteiger partial charge in [0.15, 0.2) is 0 Å². The molecule has 306 valence electrons. The number of nitrogens with two attached hydrogens (primary N) is 1. The van der Waals surface area contributed by atoms with Crippen molar-refractivity contribution in [2.75, 3.05) is 20.6 Å². The zero-order chi connectivity index (χ0) is 42.4. The number of halogens is 8. The quantitative estimate of drug-likeness (QED) is 0.113. The topological polar surface area (TPSA) is 77.8 Å². The number of hydrogen-bond acceptors (Lipinski definition) is 6. The zero-order valence-electron chi connectivity index (χ0n) is 31.9. The lowest BCUT2D eigenvalue weighted by atomic mass is 10.0. The Kier molecular flexibility index (Phi) is 19.0.